The number of hydrogen-bond donors (Lipinski definition) is 2. The molecule has 0 aliphatic carbocycles. The number of sulfonamides is 1. The Labute approximate surface area is 133 Å². The van der Waals surface area contributed by atoms with Crippen LogP contribution in [0.3, 0.4) is 0 Å². The smallest absolute Gasteiger partial charge is 0.337 e. The maximum Gasteiger partial charge on any atom is 0.337 e. The number of benzene rings is 1. The molecule has 0 saturated carbocycles. The highest BCUT2D eigenvalue weighted by Crippen LogP contribution is 2.20. The Hall–Kier alpha value is -1.83. The summed E-state index contributed by atoms with van der Waals surface area (Å²) in [5.41, 5.74) is 0.764. The lowest BCUT2D eigenvalue weighted by molar-refractivity contribution is 0.0697. The van der Waals surface area contributed by atoms with Crippen LogP contribution in [0.15, 0.2) is 41.6 Å². The molecule has 2 rings (SSSR count). The maximum atomic E-state index is 12.2. The molecule has 8 heteroatoms. The Bertz CT molecular complexity index is 799. The van der Waals surface area contributed by atoms with Crippen LogP contribution in [0.5, 0.6) is 0 Å². The lowest BCUT2D eigenvalue weighted by atomic mass is 10.2. The number of halogens is 1. The standard InChI is InChI=1S/C14H15ClN2O4S/c1-17-7-5-10(9-17)4-6-16-22(20,21)11-2-3-13(15)12(8-11)14(18)19/h2-3,5,7-9,16H,4,6H2,1H3,(H,18,19). The summed E-state index contributed by atoms with van der Waals surface area (Å²) < 4.78 is 28.6. The summed E-state index contributed by atoms with van der Waals surface area (Å²) in [6.07, 6.45) is 4.32. The van der Waals surface area contributed by atoms with Crippen molar-refractivity contribution in [1.29, 1.82) is 0 Å². The van der Waals surface area contributed by atoms with Crippen molar-refractivity contribution in [2.24, 2.45) is 7.05 Å². The largest absolute Gasteiger partial charge is 0.478 e. The van der Waals surface area contributed by atoms with Crippen molar-refractivity contribution in [3.05, 3.63) is 52.8 Å². The van der Waals surface area contributed by atoms with Crippen molar-refractivity contribution in [3.63, 3.8) is 0 Å². The average Bonchev–Trinajstić information content (AvgIpc) is 2.84. The molecule has 1 heterocycles. The van der Waals surface area contributed by atoms with Gasteiger partial charge in [-0.3, -0.25) is 0 Å². The predicted octanol–water partition coefficient (Wildman–Crippen LogP) is 1.90. The van der Waals surface area contributed by atoms with Gasteiger partial charge in [0, 0.05) is 26.0 Å². The fourth-order valence-electron chi connectivity index (χ4n) is 1.96. The Balaban J connectivity index is 2.10. The monoisotopic (exact) mass is 342 g/mol. The van der Waals surface area contributed by atoms with Gasteiger partial charge in [-0.25, -0.2) is 17.9 Å². The summed E-state index contributed by atoms with van der Waals surface area (Å²) in [6, 6.07) is 5.49. The van der Waals surface area contributed by atoms with Crippen molar-refractivity contribution in [2.75, 3.05) is 6.54 Å². The summed E-state index contributed by atoms with van der Waals surface area (Å²) in [7, 11) is -1.89. The number of nitrogens with zero attached hydrogens (tertiary/aromatic N) is 1. The number of nitrogens with one attached hydrogen (secondary N) is 1. The molecule has 1 aromatic heterocycles. The van der Waals surface area contributed by atoms with E-state index in [9.17, 15) is 13.2 Å². The highest BCUT2D eigenvalue weighted by atomic mass is 35.5. The van der Waals surface area contributed by atoms with Gasteiger partial charge in [-0.05, 0) is 36.2 Å². The molecule has 0 aliphatic rings. The number of carboxylic acids is 1. The second-order valence-electron chi connectivity index (χ2n) is 4.78. The Morgan fingerprint density at radius 2 is 2.09 bits per heavy atom. The van der Waals surface area contributed by atoms with E-state index in [2.05, 4.69) is 4.72 Å². The van der Waals surface area contributed by atoms with Crippen LogP contribution in [-0.4, -0.2) is 30.6 Å². The topological polar surface area (TPSA) is 88.4 Å². The lowest BCUT2D eigenvalue weighted by Gasteiger charge is -2.08. The van der Waals surface area contributed by atoms with E-state index >= 15 is 0 Å². The summed E-state index contributed by atoms with van der Waals surface area (Å²) in [5, 5.41) is 8.98. The zero-order valence-electron chi connectivity index (χ0n) is 11.8. The summed E-state index contributed by atoms with van der Waals surface area (Å²) in [5.74, 6) is -1.27. The number of aromatic nitrogens is 1. The van der Waals surface area contributed by atoms with Crippen LogP contribution in [0.4, 0.5) is 0 Å². The maximum absolute atomic E-state index is 12.2. The predicted molar refractivity (Wildman–Crippen MR) is 82.7 cm³/mol. The van der Waals surface area contributed by atoms with E-state index in [0.717, 1.165) is 11.6 Å². The van der Waals surface area contributed by atoms with Crippen LogP contribution in [0.1, 0.15) is 15.9 Å². The minimum Gasteiger partial charge on any atom is -0.478 e. The van der Waals surface area contributed by atoms with Crippen LogP contribution in [0.25, 0.3) is 0 Å². The van der Waals surface area contributed by atoms with Gasteiger partial charge in [-0.15, -0.1) is 0 Å². The molecule has 0 unspecified atom stereocenters. The van der Waals surface area contributed by atoms with Gasteiger partial charge in [-0.1, -0.05) is 11.6 Å². The van der Waals surface area contributed by atoms with Gasteiger partial charge >= 0.3 is 5.97 Å². The molecule has 118 valence electrons. The van der Waals surface area contributed by atoms with Crippen LogP contribution in [0, 0.1) is 0 Å². The number of carbonyl (C=O) groups is 1. The van der Waals surface area contributed by atoms with E-state index in [0.29, 0.717) is 6.42 Å². The minimum atomic E-state index is -3.78. The number of rotatable bonds is 6. The first-order valence-electron chi connectivity index (χ1n) is 6.43. The molecule has 0 fully saturated rings. The van der Waals surface area contributed by atoms with Gasteiger partial charge in [0.25, 0.3) is 0 Å². The summed E-state index contributed by atoms with van der Waals surface area (Å²) in [4.78, 5) is 10.9. The highest BCUT2D eigenvalue weighted by Gasteiger charge is 2.18. The summed E-state index contributed by atoms with van der Waals surface area (Å²) >= 11 is 5.73. The number of aromatic carboxylic acids is 1. The number of carboxylic acid groups (broad SMARTS) is 1. The van der Waals surface area contributed by atoms with Gasteiger partial charge in [-0.2, -0.15) is 0 Å². The normalized spacial score (nSPS) is 11.5. The Morgan fingerprint density at radius 3 is 2.68 bits per heavy atom. The summed E-state index contributed by atoms with van der Waals surface area (Å²) in [6.45, 7) is 0.220. The first-order chi connectivity index (χ1) is 10.3. The van der Waals surface area contributed by atoms with E-state index in [1.165, 1.54) is 12.1 Å². The first-order valence-corrected chi connectivity index (χ1v) is 8.29. The molecule has 0 bridgehead atoms. The van der Waals surface area contributed by atoms with Crippen LogP contribution in [0.2, 0.25) is 5.02 Å². The van der Waals surface area contributed by atoms with Gasteiger partial charge in [0.15, 0.2) is 0 Å². The first kappa shape index (κ1) is 16.5. The van der Waals surface area contributed by atoms with E-state index in [1.54, 1.807) is 0 Å². The molecule has 2 N–H and O–H groups in total. The molecular weight excluding hydrogens is 328 g/mol. The molecular formula is C14H15ClN2O4S. The quantitative estimate of drug-likeness (QED) is 0.839. The van der Waals surface area contributed by atoms with Gasteiger partial charge < -0.3 is 9.67 Å². The fraction of sp³-hybridized carbons (Fsp3) is 0.214. The highest BCUT2D eigenvalue weighted by molar-refractivity contribution is 7.89. The lowest BCUT2D eigenvalue weighted by Crippen LogP contribution is -2.26. The van der Waals surface area contributed by atoms with E-state index in [4.69, 9.17) is 16.7 Å². The number of aryl methyl sites for hydroxylation is 1. The van der Waals surface area contributed by atoms with E-state index in [1.807, 2.05) is 30.1 Å². The minimum absolute atomic E-state index is 0.00395. The van der Waals surface area contributed by atoms with Crippen LogP contribution < -0.4 is 4.72 Å². The van der Waals surface area contributed by atoms with Crippen molar-refractivity contribution in [2.45, 2.75) is 11.3 Å². The van der Waals surface area contributed by atoms with Crippen molar-refractivity contribution >= 4 is 27.6 Å². The van der Waals surface area contributed by atoms with Crippen LogP contribution in [-0.2, 0) is 23.5 Å². The van der Waals surface area contributed by atoms with E-state index in [-0.39, 0.29) is 22.0 Å². The third-order valence-electron chi connectivity index (χ3n) is 3.08. The fourth-order valence-corrected chi connectivity index (χ4v) is 3.21. The third-order valence-corrected chi connectivity index (χ3v) is 4.87. The van der Waals surface area contributed by atoms with Crippen LogP contribution >= 0.6 is 11.6 Å². The molecule has 1 aromatic carbocycles. The van der Waals surface area contributed by atoms with Crippen molar-refractivity contribution < 1.29 is 18.3 Å². The zero-order valence-corrected chi connectivity index (χ0v) is 13.4. The Kier molecular flexibility index (Phi) is 4.90. The second kappa shape index (κ2) is 6.51. The molecule has 0 radical (unpaired) electrons. The van der Waals surface area contributed by atoms with Crippen molar-refractivity contribution in [3.8, 4) is 0 Å². The molecule has 2 aromatic rings. The van der Waals surface area contributed by atoms with Gasteiger partial charge in [0.1, 0.15) is 0 Å². The second-order valence-corrected chi connectivity index (χ2v) is 6.95. The number of hydrogen-bond acceptors (Lipinski definition) is 3. The molecule has 0 amide bonds. The average molecular weight is 343 g/mol. The van der Waals surface area contributed by atoms with Crippen molar-refractivity contribution in [1.82, 2.24) is 9.29 Å². The Morgan fingerprint density at radius 1 is 1.36 bits per heavy atom. The molecule has 0 saturated heterocycles. The molecule has 22 heavy (non-hydrogen) atoms. The van der Waals surface area contributed by atoms with Gasteiger partial charge in [0.05, 0.1) is 15.5 Å². The third kappa shape index (κ3) is 3.88. The van der Waals surface area contributed by atoms with E-state index < -0.39 is 16.0 Å². The molecule has 0 atom stereocenters. The SMILES string of the molecule is Cn1ccc(CCNS(=O)(=O)c2ccc(Cl)c(C(=O)O)c2)c1. The van der Waals surface area contributed by atoms with Gasteiger partial charge in [0.2, 0.25) is 10.0 Å². The zero-order chi connectivity index (χ0) is 16.3. The molecule has 0 aliphatic heterocycles. The molecule has 6 nitrogen and oxygen atoms in total. The molecule has 0 spiro atoms.